The molecule has 0 radical (unpaired) electrons. The third-order valence-corrected chi connectivity index (χ3v) is 5.73. The fraction of sp³-hybridized carbons (Fsp3) is 0.579. The van der Waals surface area contributed by atoms with Crippen LogP contribution in [-0.4, -0.2) is 57.5 Å². The number of hydrogen-bond acceptors (Lipinski definition) is 3. The number of fused-ring (bicyclic) bond motifs is 1. The van der Waals surface area contributed by atoms with Crippen LogP contribution in [-0.2, 0) is 11.3 Å². The number of hydrogen-bond donors (Lipinski definition) is 1. The molecule has 4 rings (SSSR count). The molecule has 0 unspecified atom stereocenters. The summed E-state index contributed by atoms with van der Waals surface area (Å²) in [5, 5.41) is 0. The first-order valence-electron chi connectivity index (χ1n) is 9.42. The number of amides is 1. The Kier molecular flexibility index (Phi) is 4.61. The number of piperazine rings is 1. The first kappa shape index (κ1) is 16.4. The Morgan fingerprint density at radius 2 is 1.76 bits per heavy atom. The molecule has 2 heterocycles. The zero-order valence-corrected chi connectivity index (χ0v) is 14.6. The van der Waals surface area contributed by atoms with E-state index in [1.165, 1.54) is 32.1 Å². The van der Waals surface area contributed by atoms with Crippen molar-refractivity contribution in [1.29, 1.82) is 0 Å². The molecule has 2 fully saturated rings. The number of carbonyl (C=O) groups excluding carboxylic acids is 1. The number of H-pyrrole nitrogens is 1. The van der Waals surface area contributed by atoms with Crippen LogP contribution in [0, 0.1) is 0 Å². The lowest BCUT2D eigenvalue weighted by molar-refractivity contribution is -0.134. The highest BCUT2D eigenvalue weighted by atomic mass is 16.2. The zero-order chi connectivity index (χ0) is 17.2. The van der Waals surface area contributed by atoms with Crippen LogP contribution in [0.3, 0.4) is 0 Å². The van der Waals surface area contributed by atoms with Crippen molar-refractivity contribution < 1.29 is 4.79 Å². The van der Waals surface area contributed by atoms with E-state index < -0.39 is 0 Å². The van der Waals surface area contributed by atoms with Crippen molar-refractivity contribution in [1.82, 2.24) is 19.4 Å². The lowest BCUT2D eigenvalue weighted by atomic mass is 9.94. The van der Waals surface area contributed by atoms with E-state index in [-0.39, 0.29) is 18.1 Å². The van der Waals surface area contributed by atoms with Gasteiger partial charge in [0.15, 0.2) is 0 Å². The van der Waals surface area contributed by atoms with Crippen molar-refractivity contribution in [3.05, 3.63) is 34.7 Å². The first-order chi connectivity index (χ1) is 12.2. The molecule has 0 atom stereocenters. The van der Waals surface area contributed by atoms with Crippen LogP contribution in [0.25, 0.3) is 11.0 Å². The molecule has 1 aliphatic heterocycles. The quantitative estimate of drug-likeness (QED) is 0.925. The van der Waals surface area contributed by atoms with Gasteiger partial charge in [0.2, 0.25) is 5.91 Å². The van der Waals surface area contributed by atoms with Gasteiger partial charge >= 0.3 is 5.69 Å². The molecule has 2 aliphatic rings. The van der Waals surface area contributed by atoms with Crippen molar-refractivity contribution in [3.8, 4) is 0 Å². The number of aromatic nitrogens is 2. The van der Waals surface area contributed by atoms with Gasteiger partial charge in [-0.15, -0.1) is 0 Å². The number of carbonyl (C=O) groups is 1. The maximum Gasteiger partial charge on any atom is 0.326 e. The predicted molar refractivity (Wildman–Crippen MR) is 97.6 cm³/mol. The summed E-state index contributed by atoms with van der Waals surface area (Å²) in [6.45, 7) is 3.57. The summed E-state index contributed by atoms with van der Waals surface area (Å²) in [5.41, 5.74) is 1.36. The van der Waals surface area contributed by atoms with Crippen LogP contribution >= 0.6 is 0 Å². The fourth-order valence-corrected chi connectivity index (χ4v) is 4.28. The number of aromatic amines is 1. The predicted octanol–water partition coefficient (Wildman–Crippen LogP) is 1.81. The Bertz CT molecular complexity index is 795. The first-order valence-corrected chi connectivity index (χ1v) is 9.42. The number of para-hydroxylation sites is 2. The van der Waals surface area contributed by atoms with Gasteiger partial charge in [-0.05, 0) is 25.0 Å². The van der Waals surface area contributed by atoms with Gasteiger partial charge in [-0.3, -0.25) is 14.3 Å². The second kappa shape index (κ2) is 7.04. The van der Waals surface area contributed by atoms with Crippen molar-refractivity contribution in [2.24, 2.45) is 0 Å². The minimum absolute atomic E-state index is 0.0372. The zero-order valence-electron chi connectivity index (χ0n) is 14.6. The van der Waals surface area contributed by atoms with Crippen LogP contribution in [0.2, 0.25) is 0 Å². The average molecular weight is 342 g/mol. The van der Waals surface area contributed by atoms with Crippen LogP contribution in [0.1, 0.15) is 32.1 Å². The van der Waals surface area contributed by atoms with Crippen LogP contribution in [0.5, 0.6) is 0 Å². The third kappa shape index (κ3) is 3.35. The van der Waals surface area contributed by atoms with Crippen LogP contribution < -0.4 is 5.69 Å². The monoisotopic (exact) mass is 342 g/mol. The molecule has 1 amide bonds. The molecular formula is C19H26N4O2. The van der Waals surface area contributed by atoms with Crippen molar-refractivity contribution in [3.63, 3.8) is 0 Å². The summed E-state index contributed by atoms with van der Waals surface area (Å²) in [7, 11) is 0. The molecule has 6 nitrogen and oxygen atoms in total. The molecule has 25 heavy (non-hydrogen) atoms. The van der Waals surface area contributed by atoms with Gasteiger partial charge < -0.3 is 9.88 Å². The number of nitrogens with zero attached hydrogens (tertiary/aromatic N) is 3. The van der Waals surface area contributed by atoms with E-state index in [2.05, 4.69) is 9.88 Å². The van der Waals surface area contributed by atoms with Gasteiger partial charge in [-0.1, -0.05) is 31.4 Å². The number of rotatable bonds is 3. The largest absolute Gasteiger partial charge is 0.339 e. The van der Waals surface area contributed by atoms with Gasteiger partial charge in [-0.25, -0.2) is 4.79 Å². The fourth-order valence-electron chi connectivity index (χ4n) is 4.28. The Hall–Kier alpha value is -2.08. The Morgan fingerprint density at radius 1 is 1.04 bits per heavy atom. The molecule has 0 spiro atoms. The smallest absolute Gasteiger partial charge is 0.326 e. The van der Waals surface area contributed by atoms with E-state index in [9.17, 15) is 9.59 Å². The standard InChI is InChI=1S/C19H26N4O2/c24-18(14-23-17-9-5-4-8-16(17)20-19(23)25)22-12-10-21(11-13-22)15-6-2-1-3-7-15/h4-5,8-9,15H,1-3,6-7,10-14H2,(H,20,25). The molecule has 1 saturated carbocycles. The summed E-state index contributed by atoms with van der Waals surface area (Å²) in [5.74, 6) is 0.0372. The number of imidazole rings is 1. The van der Waals surface area contributed by atoms with E-state index >= 15 is 0 Å². The molecule has 134 valence electrons. The molecule has 1 N–H and O–H groups in total. The lowest BCUT2D eigenvalue weighted by Crippen LogP contribution is -2.53. The molecule has 1 aromatic heterocycles. The van der Waals surface area contributed by atoms with Crippen molar-refractivity contribution in [2.75, 3.05) is 26.2 Å². The second-order valence-corrected chi connectivity index (χ2v) is 7.24. The highest BCUT2D eigenvalue weighted by Crippen LogP contribution is 2.23. The van der Waals surface area contributed by atoms with E-state index in [0.717, 1.165) is 37.2 Å². The highest BCUT2D eigenvalue weighted by molar-refractivity contribution is 5.80. The Morgan fingerprint density at radius 3 is 2.52 bits per heavy atom. The van der Waals surface area contributed by atoms with Crippen molar-refractivity contribution in [2.45, 2.75) is 44.7 Å². The van der Waals surface area contributed by atoms with Gasteiger partial charge in [-0.2, -0.15) is 0 Å². The topological polar surface area (TPSA) is 61.3 Å². The van der Waals surface area contributed by atoms with Crippen LogP contribution in [0.4, 0.5) is 0 Å². The summed E-state index contributed by atoms with van der Waals surface area (Å²) >= 11 is 0. The minimum atomic E-state index is -0.213. The highest BCUT2D eigenvalue weighted by Gasteiger charge is 2.27. The van der Waals surface area contributed by atoms with E-state index in [0.29, 0.717) is 6.04 Å². The summed E-state index contributed by atoms with van der Waals surface area (Å²) < 4.78 is 1.55. The molecule has 1 aliphatic carbocycles. The maximum atomic E-state index is 12.7. The summed E-state index contributed by atoms with van der Waals surface area (Å²) in [4.78, 5) is 32.1. The SMILES string of the molecule is O=C(Cn1c(=O)[nH]c2ccccc21)N1CCN(C2CCCCC2)CC1. The molecule has 1 aromatic carbocycles. The molecule has 2 aromatic rings. The second-order valence-electron chi connectivity index (χ2n) is 7.24. The van der Waals surface area contributed by atoms with Crippen molar-refractivity contribution >= 4 is 16.9 Å². The molecule has 1 saturated heterocycles. The molecular weight excluding hydrogens is 316 g/mol. The molecule has 0 bridgehead atoms. The summed E-state index contributed by atoms with van der Waals surface area (Å²) in [6.07, 6.45) is 6.66. The lowest BCUT2D eigenvalue weighted by Gasteiger charge is -2.40. The van der Waals surface area contributed by atoms with E-state index in [1.807, 2.05) is 29.2 Å². The number of benzene rings is 1. The van der Waals surface area contributed by atoms with E-state index in [4.69, 9.17) is 0 Å². The Labute approximate surface area is 147 Å². The van der Waals surface area contributed by atoms with Gasteiger partial charge in [0.25, 0.3) is 0 Å². The van der Waals surface area contributed by atoms with Gasteiger partial charge in [0.1, 0.15) is 6.54 Å². The normalized spacial score (nSPS) is 20.2. The average Bonchev–Trinajstić information content (AvgIpc) is 2.98. The molecule has 6 heteroatoms. The maximum absolute atomic E-state index is 12.7. The summed E-state index contributed by atoms with van der Waals surface area (Å²) in [6, 6.07) is 8.22. The van der Waals surface area contributed by atoms with E-state index in [1.54, 1.807) is 4.57 Å². The van der Waals surface area contributed by atoms with Crippen LogP contribution in [0.15, 0.2) is 29.1 Å². The number of nitrogens with one attached hydrogen (secondary N) is 1. The van der Waals surface area contributed by atoms with Gasteiger partial charge in [0, 0.05) is 32.2 Å². The Balaban J connectivity index is 1.39. The minimum Gasteiger partial charge on any atom is -0.339 e. The third-order valence-electron chi connectivity index (χ3n) is 5.73. The van der Waals surface area contributed by atoms with Gasteiger partial charge in [0.05, 0.1) is 11.0 Å².